The molecule has 0 saturated carbocycles. The first-order chi connectivity index (χ1) is 8.60. The highest BCUT2D eigenvalue weighted by Gasteiger charge is 2.09. The van der Waals surface area contributed by atoms with Crippen molar-refractivity contribution in [2.45, 2.75) is 30.3 Å². The first-order valence-electron chi connectivity index (χ1n) is 5.70. The van der Waals surface area contributed by atoms with Gasteiger partial charge in [0.2, 0.25) is 0 Å². The van der Waals surface area contributed by atoms with E-state index in [0.717, 1.165) is 21.2 Å². The van der Waals surface area contributed by atoms with Crippen LogP contribution < -0.4 is 5.73 Å². The van der Waals surface area contributed by atoms with Crippen molar-refractivity contribution in [3.05, 3.63) is 53.0 Å². The summed E-state index contributed by atoms with van der Waals surface area (Å²) >= 11 is 1.45. The summed E-state index contributed by atoms with van der Waals surface area (Å²) in [6.45, 7) is 4.17. The largest absolute Gasteiger partial charge is 0.326 e. The maximum atomic E-state index is 13.6. The molecule has 2 N–H and O–H groups in total. The molecule has 0 amide bonds. The third kappa shape index (κ3) is 2.89. The zero-order chi connectivity index (χ0) is 13.1. The van der Waals surface area contributed by atoms with Crippen LogP contribution in [0.1, 0.15) is 16.8 Å². The van der Waals surface area contributed by atoms with E-state index in [1.165, 1.54) is 17.8 Å². The molecule has 0 radical (unpaired) electrons. The molecule has 1 heterocycles. The lowest BCUT2D eigenvalue weighted by molar-refractivity contribution is 0.604. The monoisotopic (exact) mass is 262 g/mol. The van der Waals surface area contributed by atoms with Crippen LogP contribution in [0.15, 0.2) is 40.3 Å². The van der Waals surface area contributed by atoms with Crippen molar-refractivity contribution >= 4 is 11.8 Å². The lowest BCUT2D eigenvalue weighted by Gasteiger charge is -2.08. The molecule has 1 aromatic carbocycles. The van der Waals surface area contributed by atoms with Crippen LogP contribution in [-0.2, 0) is 6.54 Å². The fraction of sp³-hybridized carbons (Fsp3) is 0.214. The first-order valence-corrected chi connectivity index (χ1v) is 6.52. The second-order valence-electron chi connectivity index (χ2n) is 4.15. The Bertz CT molecular complexity index is 549. The Morgan fingerprint density at radius 3 is 2.72 bits per heavy atom. The number of nitrogens with two attached hydrogens (primary N) is 1. The van der Waals surface area contributed by atoms with E-state index in [1.54, 1.807) is 6.07 Å². The van der Waals surface area contributed by atoms with Crippen molar-refractivity contribution in [3.63, 3.8) is 0 Å². The van der Waals surface area contributed by atoms with Gasteiger partial charge in [0.15, 0.2) is 0 Å². The van der Waals surface area contributed by atoms with Crippen molar-refractivity contribution in [2.24, 2.45) is 5.73 Å². The van der Waals surface area contributed by atoms with Gasteiger partial charge in [-0.05, 0) is 43.7 Å². The summed E-state index contributed by atoms with van der Waals surface area (Å²) in [5.74, 6) is -0.258. The minimum Gasteiger partial charge on any atom is -0.326 e. The van der Waals surface area contributed by atoms with E-state index >= 15 is 0 Å². The number of hydrogen-bond donors (Lipinski definition) is 1. The molecule has 0 aliphatic rings. The van der Waals surface area contributed by atoms with Crippen LogP contribution in [0.25, 0.3) is 0 Å². The zero-order valence-corrected chi connectivity index (χ0v) is 11.2. The highest BCUT2D eigenvalue weighted by atomic mass is 32.2. The normalized spacial score (nSPS) is 10.7. The Morgan fingerprint density at radius 2 is 2.06 bits per heavy atom. The van der Waals surface area contributed by atoms with Crippen molar-refractivity contribution in [1.29, 1.82) is 0 Å². The van der Waals surface area contributed by atoms with Gasteiger partial charge in [0.1, 0.15) is 10.8 Å². The van der Waals surface area contributed by atoms with Gasteiger partial charge in [0.25, 0.3) is 0 Å². The average Bonchev–Trinajstić information content (AvgIpc) is 2.27. The van der Waals surface area contributed by atoms with Crippen molar-refractivity contribution in [1.82, 2.24) is 4.98 Å². The molecule has 0 fully saturated rings. The van der Waals surface area contributed by atoms with E-state index in [-0.39, 0.29) is 12.4 Å². The van der Waals surface area contributed by atoms with Crippen LogP contribution in [0.2, 0.25) is 0 Å². The molecule has 2 aromatic rings. The Hall–Kier alpha value is -1.39. The molecule has 0 aliphatic heterocycles. The van der Waals surface area contributed by atoms with Crippen LogP contribution in [-0.4, -0.2) is 4.98 Å². The standard InChI is InChI=1S/C14H15FN2S/c1-9-6-10(2)17-14(7-9)18-13-5-3-4-12(15)11(13)8-16/h3-7H,8,16H2,1-2H3. The summed E-state index contributed by atoms with van der Waals surface area (Å²) < 4.78 is 13.6. The Kier molecular flexibility index (Phi) is 3.99. The molecule has 18 heavy (non-hydrogen) atoms. The topological polar surface area (TPSA) is 38.9 Å². The number of pyridine rings is 1. The molecular weight excluding hydrogens is 247 g/mol. The molecule has 0 unspecified atom stereocenters. The van der Waals surface area contributed by atoms with Gasteiger partial charge in [0.05, 0.1) is 0 Å². The van der Waals surface area contributed by atoms with E-state index in [1.807, 2.05) is 32.0 Å². The number of nitrogens with zero attached hydrogens (tertiary/aromatic N) is 1. The third-order valence-electron chi connectivity index (χ3n) is 2.57. The molecule has 1 aromatic heterocycles. The summed E-state index contributed by atoms with van der Waals surface area (Å²) in [6, 6.07) is 9.00. The highest BCUT2D eigenvalue weighted by Crippen LogP contribution is 2.30. The van der Waals surface area contributed by atoms with Gasteiger partial charge in [-0.15, -0.1) is 0 Å². The number of halogens is 1. The van der Waals surface area contributed by atoms with Gasteiger partial charge < -0.3 is 5.73 Å². The highest BCUT2D eigenvalue weighted by molar-refractivity contribution is 7.99. The second-order valence-corrected chi connectivity index (χ2v) is 5.21. The Balaban J connectivity index is 2.36. The van der Waals surface area contributed by atoms with Gasteiger partial charge in [-0.25, -0.2) is 9.37 Å². The van der Waals surface area contributed by atoms with E-state index in [9.17, 15) is 4.39 Å². The van der Waals surface area contributed by atoms with Crippen LogP contribution in [0.4, 0.5) is 4.39 Å². The van der Waals surface area contributed by atoms with Crippen molar-refractivity contribution in [2.75, 3.05) is 0 Å². The predicted octanol–water partition coefficient (Wildman–Crippen LogP) is 3.45. The van der Waals surface area contributed by atoms with E-state index < -0.39 is 0 Å². The molecule has 2 rings (SSSR count). The SMILES string of the molecule is Cc1cc(C)nc(Sc2cccc(F)c2CN)c1. The summed E-state index contributed by atoms with van der Waals surface area (Å²) in [5.41, 5.74) is 8.25. The molecule has 0 saturated heterocycles. The molecule has 0 aliphatic carbocycles. The number of hydrogen-bond acceptors (Lipinski definition) is 3. The maximum Gasteiger partial charge on any atom is 0.128 e. The summed E-state index contributed by atoms with van der Waals surface area (Å²) in [6.07, 6.45) is 0. The second kappa shape index (κ2) is 5.50. The molecule has 0 bridgehead atoms. The maximum absolute atomic E-state index is 13.6. The van der Waals surface area contributed by atoms with Gasteiger partial charge in [-0.3, -0.25) is 0 Å². The molecule has 0 atom stereocenters. The predicted molar refractivity (Wildman–Crippen MR) is 72.1 cm³/mol. The summed E-state index contributed by atoms with van der Waals surface area (Å²) in [5, 5.41) is 0.868. The fourth-order valence-electron chi connectivity index (χ4n) is 1.80. The van der Waals surface area contributed by atoms with Crippen molar-refractivity contribution < 1.29 is 4.39 Å². The fourth-order valence-corrected chi connectivity index (χ4v) is 2.91. The smallest absolute Gasteiger partial charge is 0.128 e. The van der Waals surface area contributed by atoms with Crippen LogP contribution in [0, 0.1) is 19.7 Å². The molecule has 2 nitrogen and oxygen atoms in total. The number of aryl methyl sites for hydroxylation is 2. The zero-order valence-electron chi connectivity index (χ0n) is 10.4. The lowest BCUT2D eigenvalue weighted by atomic mass is 10.2. The van der Waals surface area contributed by atoms with Crippen LogP contribution in [0.3, 0.4) is 0 Å². The van der Waals surface area contributed by atoms with Gasteiger partial charge in [-0.1, -0.05) is 17.8 Å². The van der Waals surface area contributed by atoms with Crippen molar-refractivity contribution in [3.8, 4) is 0 Å². The van der Waals surface area contributed by atoms with E-state index in [0.29, 0.717) is 5.56 Å². The molecular formula is C14H15FN2S. The Morgan fingerprint density at radius 1 is 1.28 bits per heavy atom. The van der Waals surface area contributed by atoms with Gasteiger partial charge in [0, 0.05) is 22.7 Å². The first kappa shape index (κ1) is 13.1. The van der Waals surface area contributed by atoms with Crippen LogP contribution >= 0.6 is 11.8 Å². The molecule has 0 spiro atoms. The number of rotatable bonds is 3. The average molecular weight is 262 g/mol. The minimum atomic E-state index is -0.258. The number of aromatic nitrogens is 1. The molecule has 94 valence electrons. The van der Waals surface area contributed by atoms with Gasteiger partial charge >= 0.3 is 0 Å². The van der Waals surface area contributed by atoms with E-state index in [4.69, 9.17) is 5.73 Å². The molecule has 4 heteroatoms. The lowest BCUT2D eigenvalue weighted by Crippen LogP contribution is -2.01. The third-order valence-corrected chi connectivity index (χ3v) is 3.59. The Labute approximate surface area is 110 Å². The van der Waals surface area contributed by atoms with Gasteiger partial charge in [-0.2, -0.15) is 0 Å². The quantitative estimate of drug-likeness (QED) is 0.920. The minimum absolute atomic E-state index is 0.194. The van der Waals surface area contributed by atoms with E-state index in [2.05, 4.69) is 4.98 Å². The van der Waals surface area contributed by atoms with Crippen LogP contribution in [0.5, 0.6) is 0 Å². The summed E-state index contributed by atoms with van der Waals surface area (Å²) in [7, 11) is 0. The number of benzene rings is 1. The summed E-state index contributed by atoms with van der Waals surface area (Å²) in [4.78, 5) is 5.26.